The Kier molecular flexibility index (Phi) is 7.85. The zero-order chi connectivity index (χ0) is 24.7. The Hall–Kier alpha value is -4.35. The molecular formula is C25H18ClFN2O5. The van der Waals surface area contributed by atoms with Crippen molar-refractivity contribution in [1.82, 2.24) is 0 Å². The van der Waals surface area contributed by atoms with Crippen molar-refractivity contribution in [3.63, 3.8) is 0 Å². The lowest BCUT2D eigenvalue weighted by Crippen LogP contribution is -2.14. The van der Waals surface area contributed by atoms with Crippen molar-refractivity contribution in [3.05, 3.63) is 93.8 Å². The van der Waals surface area contributed by atoms with Crippen molar-refractivity contribution in [2.75, 3.05) is 12.4 Å². The molecular weight excluding hydrogens is 463 g/mol. The van der Waals surface area contributed by atoms with Gasteiger partial charge in [-0.2, -0.15) is 5.26 Å². The van der Waals surface area contributed by atoms with E-state index in [1.165, 1.54) is 55.7 Å². The van der Waals surface area contributed by atoms with Gasteiger partial charge in [-0.15, -0.1) is 0 Å². The number of carbonyl (C=O) groups excluding carboxylic acids is 1. The maximum absolute atomic E-state index is 13.1. The van der Waals surface area contributed by atoms with Crippen molar-refractivity contribution in [2.24, 2.45) is 0 Å². The van der Waals surface area contributed by atoms with Gasteiger partial charge >= 0.3 is 5.97 Å². The molecule has 0 aliphatic rings. The number of carboxylic acid groups (broad SMARTS) is 1. The van der Waals surface area contributed by atoms with E-state index in [9.17, 15) is 19.2 Å². The van der Waals surface area contributed by atoms with Crippen molar-refractivity contribution in [2.45, 2.75) is 6.61 Å². The predicted octanol–water partition coefficient (Wildman–Crippen LogP) is 5.31. The van der Waals surface area contributed by atoms with Crippen LogP contribution in [0.4, 0.5) is 10.1 Å². The second-order valence-electron chi connectivity index (χ2n) is 6.96. The van der Waals surface area contributed by atoms with Gasteiger partial charge in [-0.25, -0.2) is 9.18 Å². The minimum atomic E-state index is -1.14. The van der Waals surface area contributed by atoms with Crippen LogP contribution in [0.25, 0.3) is 6.08 Å². The fraction of sp³-hybridized carbons (Fsp3) is 0.0800. The van der Waals surface area contributed by atoms with Crippen LogP contribution in [0, 0.1) is 17.1 Å². The van der Waals surface area contributed by atoms with Crippen LogP contribution in [0.1, 0.15) is 21.5 Å². The molecule has 0 aliphatic carbocycles. The maximum Gasteiger partial charge on any atom is 0.335 e. The zero-order valence-electron chi connectivity index (χ0n) is 17.8. The number of ether oxygens (including phenoxy) is 2. The van der Waals surface area contributed by atoms with Crippen molar-refractivity contribution in [1.29, 1.82) is 5.26 Å². The summed E-state index contributed by atoms with van der Waals surface area (Å²) < 4.78 is 24.2. The Bertz CT molecular complexity index is 1300. The van der Waals surface area contributed by atoms with Crippen LogP contribution in [-0.2, 0) is 11.4 Å². The number of nitrogens with one attached hydrogen (secondary N) is 1. The molecule has 0 spiro atoms. The van der Waals surface area contributed by atoms with Crippen LogP contribution in [0.3, 0.4) is 0 Å². The SMILES string of the molecule is COc1cc(/C=C(/C#N)C(=O)Nc2cccc(C(=O)O)c2)cc(Cl)c1OCc1ccc(F)cc1. The van der Waals surface area contributed by atoms with E-state index < -0.39 is 11.9 Å². The third-order valence-corrected chi connectivity index (χ3v) is 4.87. The van der Waals surface area contributed by atoms with E-state index in [2.05, 4.69) is 5.32 Å². The first-order chi connectivity index (χ1) is 16.3. The molecule has 3 aromatic carbocycles. The number of aromatic carboxylic acids is 1. The quantitative estimate of drug-likeness (QED) is 0.334. The van der Waals surface area contributed by atoms with Gasteiger partial charge in [0.15, 0.2) is 11.5 Å². The van der Waals surface area contributed by atoms with E-state index in [1.54, 1.807) is 18.2 Å². The standard InChI is InChI=1S/C25H18ClFN2O5/c1-33-22-11-16(10-21(26)23(22)34-14-15-5-7-19(27)8-6-15)9-18(13-28)24(30)29-20-4-2-3-17(12-20)25(31)32/h2-12H,14H2,1H3,(H,29,30)(H,31,32)/b18-9-. The highest BCUT2D eigenvalue weighted by atomic mass is 35.5. The van der Waals surface area contributed by atoms with E-state index in [0.29, 0.717) is 5.56 Å². The second kappa shape index (κ2) is 11.0. The molecule has 172 valence electrons. The van der Waals surface area contributed by atoms with Gasteiger partial charge in [0.1, 0.15) is 24.1 Å². The number of nitrogens with zero attached hydrogens (tertiary/aromatic N) is 1. The molecule has 0 bridgehead atoms. The number of hydrogen-bond donors (Lipinski definition) is 2. The minimum absolute atomic E-state index is 0.00645. The van der Waals surface area contributed by atoms with Crippen LogP contribution in [0.5, 0.6) is 11.5 Å². The highest BCUT2D eigenvalue weighted by molar-refractivity contribution is 6.32. The fourth-order valence-electron chi connectivity index (χ4n) is 2.94. The van der Waals surface area contributed by atoms with Crippen molar-refractivity contribution >= 4 is 35.2 Å². The van der Waals surface area contributed by atoms with Gasteiger partial charge in [0.25, 0.3) is 5.91 Å². The maximum atomic E-state index is 13.1. The number of amides is 1. The fourth-order valence-corrected chi connectivity index (χ4v) is 3.22. The van der Waals surface area contributed by atoms with Gasteiger partial charge in [-0.3, -0.25) is 4.79 Å². The molecule has 3 rings (SSSR count). The van der Waals surface area contributed by atoms with Crippen LogP contribution < -0.4 is 14.8 Å². The molecule has 0 aromatic heterocycles. The average Bonchev–Trinajstić information content (AvgIpc) is 2.82. The molecule has 0 unspecified atom stereocenters. The Morgan fingerprint density at radius 2 is 1.91 bits per heavy atom. The van der Waals surface area contributed by atoms with E-state index in [4.69, 9.17) is 26.2 Å². The summed E-state index contributed by atoms with van der Waals surface area (Å²) in [5, 5.41) is 21.2. The number of methoxy groups -OCH3 is 1. The number of halogens is 2. The molecule has 0 saturated heterocycles. The first-order valence-corrected chi connectivity index (χ1v) is 10.2. The molecule has 3 aromatic rings. The number of carboxylic acids is 1. The third-order valence-electron chi connectivity index (χ3n) is 4.59. The first-order valence-electron chi connectivity index (χ1n) is 9.82. The summed E-state index contributed by atoms with van der Waals surface area (Å²) in [6.45, 7) is 0.118. The number of carbonyl (C=O) groups is 2. The average molecular weight is 481 g/mol. The normalized spacial score (nSPS) is 10.8. The monoisotopic (exact) mass is 480 g/mol. The van der Waals surface area contributed by atoms with Gasteiger partial charge in [0, 0.05) is 5.69 Å². The van der Waals surface area contributed by atoms with E-state index >= 15 is 0 Å². The molecule has 9 heteroatoms. The highest BCUT2D eigenvalue weighted by Crippen LogP contribution is 2.37. The smallest absolute Gasteiger partial charge is 0.335 e. The highest BCUT2D eigenvalue weighted by Gasteiger charge is 2.15. The summed E-state index contributed by atoms with van der Waals surface area (Å²) in [6.07, 6.45) is 1.31. The van der Waals surface area contributed by atoms with Crippen LogP contribution in [0.15, 0.2) is 66.2 Å². The number of rotatable bonds is 8. The molecule has 0 fully saturated rings. The number of benzene rings is 3. The minimum Gasteiger partial charge on any atom is -0.493 e. The van der Waals surface area contributed by atoms with Gasteiger partial charge < -0.3 is 19.9 Å². The molecule has 0 radical (unpaired) electrons. The Morgan fingerprint density at radius 1 is 1.18 bits per heavy atom. The molecule has 0 aliphatic heterocycles. The molecule has 2 N–H and O–H groups in total. The molecule has 0 saturated carbocycles. The van der Waals surface area contributed by atoms with E-state index in [1.807, 2.05) is 6.07 Å². The molecule has 0 heterocycles. The van der Waals surface area contributed by atoms with Crippen molar-refractivity contribution < 1.29 is 28.6 Å². The third kappa shape index (κ3) is 6.12. The first kappa shape index (κ1) is 24.3. The molecule has 0 atom stereocenters. The molecule has 7 nitrogen and oxygen atoms in total. The van der Waals surface area contributed by atoms with Gasteiger partial charge in [0.2, 0.25) is 0 Å². The summed E-state index contributed by atoms with van der Waals surface area (Å²) in [5.41, 5.74) is 1.11. The largest absolute Gasteiger partial charge is 0.493 e. The summed E-state index contributed by atoms with van der Waals surface area (Å²) in [5.74, 6) is -1.71. The Labute approximate surface area is 199 Å². The Morgan fingerprint density at radius 3 is 2.56 bits per heavy atom. The topological polar surface area (TPSA) is 109 Å². The molecule has 34 heavy (non-hydrogen) atoms. The lowest BCUT2D eigenvalue weighted by atomic mass is 10.1. The zero-order valence-corrected chi connectivity index (χ0v) is 18.6. The lowest BCUT2D eigenvalue weighted by Gasteiger charge is -2.13. The number of nitriles is 1. The summed E-state index contributed by atoms with van der Waals surface area (Å²) >= 11 is 6.35. The lowest BCUT2D eigenvalue weighted by molar-refractivity contribution is -0.112. The van der Waals surface area contributed by atoms with Crippen molar-refractivity contribution in [3.8, 4) is 17.6 Å². The van der Waals surface area contributed by atoms with Crippen LogP contribution >= 0.6 is 11.6 Å². The molecule has 1 amide bonds. The Balaban J connectivity index is 1.81. The van der Waals surface area contributed by atoms with Crippen LogP contribution in [-0.4, -0.2) is 24.1 Å². The number of anilines is 1. The predicted molar refractivity (Wildman–Crippen MR) is 124 cm³/mol. The van der Waals surface area contributed by atoms with Gasteiger partial charge in [-0.1, -0.05) is 29.8 Å². The van der Waals surface area contributed by atoms with Crippen LogP contribution in [0.2, 0.25) is 5.02 Å². The van der Waals surface area contributed by atoms with Gasteiger partial charge in [0.05, 0.1) is 17.7 Å². The summed E-state index contributed by atoms with van der Waals surface area (Å²) in [4.78, 5) is 23.7. The summed E-state index contributed by atoms with van der Waals surface area (Å²) in [6, 6.07) is 16.3. The van der Waals surface area contributed by atoms with Gasteiger partial charge in [-0.05, 0) is 59.7 Å². The van der Waals surface area contributed by atoms with E-state index in [-0.39, 0.29) is 45.8 Å². The summed E-state index contributed by atoms with van der Waals surface area (Å²) in [7, 11) is 1.41. The number of hydrogen-bond acceptors (Lipinski definition) is 5. The second-order valence-corrected chi connectivity index (χ2v) is 7.37. The van der Waals surface area contributed by atoms with E-state index in [0.717, 1.165) is 5.56 Å².